The average Bonchev–Trinajstić information content (AvgIpc) is 2.57. The van der Waals surface area contributed by atoms with E-state index in [1.54, 1.807) is 0 Å². The summed E-state index contributed by atoms with van der Waals surface area (Å²) < 4.78 is 0. The number of carboxylic acid groups (broad SMARTS) is 1. The average molecular weight is 341 g/mol. The standard InChI is InChI=1S/C20H23NO4/c1-14-2-4-15(5-3-14)13-20(25)8-10-21(11-9-20)18-12-16(22)6-7-17(18)19(23)24/h2-7,12,22,25H,8-11,13H2,1H3,(H,23,24). The van der Waals surface area contributed by atoms with Crippen molar-refractivity contribution in [2.75, 3.05) is 18.0 Å². The van der Waals surface area contributed by atoms with E-state index in [4.69, 9.17) is 0 Å². The smallest absolute Gasteiger partial charge is 0.337 e. The van der Waals surface area contributed by atoms with Gasteiger partial charge in [-0.1, -0.05) is 29.8 Å². The van der Waals surface area contributed by atoms with Crippen molar-refractivity contribution in [2.24, 2.45) is 0 Å². The molecule has 1 saturated heterocycles. The van der Waals surface area contributed by atoms with Crippen molar-refractivity contribution < 1.29 is 20.1 Å². The fraction of sp³-hybridized carbons (Fsp3) is 0.350. The number of benzene rings is 2. The lowest BCUT2D eigenvalue weighted by Crippen LogP contribution is -2.46. The van der Waals surface area contributed by atoms with Crippen LogP contribution in [0.2, 0.25) is 0 Å². The molecule has 0 amide bonds. The van der Waals surface area contributed by atoms with Gasteiger partial charge in [-0.2, -0.15) is 0 Å². The van der Waals surface area contributed by atoms with E-state index < -0.39 is 11.6 Å². The number of phenols is 1. The number of nitrogens with zero attached hydrogens (tertiary/aromatic N) is 1. The van der Waals surface area contributed by atoms with E-state index in [1.165, 1.54) is 23.8 Å². The lowest BCUT2D eigenvalue weighted by molar-refractivity contribution is 0.0165. The van der Waals surface area contributed by atoms with Crippen molar-refractivity contribution in [3.63, 3.8) is 0 Å². The summed E-state index contributed by atoms with van der Waals surface area (Å²) in [5, 5.41) is 29.9. The van der Waals surface area contributed by atoms with Gasteiger partial charge in [-0.15, -0.1) is 0 Å². The Bertz CT molecular complexity index is 762. The van der Waals surface area contributed by atoms with Crippen LogP contribution in [0.1, 0.15) is 34.3 Å². The molecule has 0 unspecified atom stereocenters. The second-order valence-corrected chi connectivity index (χ2v) is 6.88. The van der Waals surface area contributed by atoms with E-state index in [0.29, 0.717) is 38.0 Å². The second-order valence-electron chi connectivity index (χ2n) is 6.88. The molecule has 0 radical (unpaired) electrons. The Hall–Kier alpha value is -2.53. The number of anilines is 1. The first-order valence-electron chi connectivity index (χ1n) is 8.45. The first kappa shape index (κ1) is 17.3. The molecular formula is C20H23NO4. The maximum absolute atomic E-state index is 11.4. The summed E-state index contributed by atoms with van der Waals surface area (Å²) in [6.45, 7) is 3.13. The topological polar surface area (TPSA) is 81.0 Å². The van der Waals surface area contributed by atoms with Gasteiger partial charge in [-0.05, 0) is 37.5 Å². The van der Waals surface area contributed by atoms with Gasteiger partial charge in [0.25, 0.3) is 0 Å². The minimum atomic E-state index is -1.02. The SMILES string of the molecule is Cc1ccc(CC2(O)CCN(c3cc(O)ccc3C(=O)O)CC2)cc1. The molecule has 0 bridgehead atoms. The number of carboxylic acids is 1. The summed E-state index contributed by atoms with van der Waals surface area (Å²) in [5.74, 6) is -0.976. The number of hydrogen-bond acceptors (Lipinski definition) is 4. The summed E-state index contributed by atoms with van der Waals surface area (Å²) in [6.07, 6.45) is 1.69. The largest absolute Gasteiger partial charge is 0.508 e. The molecule has 0 aromatic heterocycles. The van der Waals surface area contributed by atoms with Gasteiger partial charge < -0.3 is 20.2 Å². The molecule has 5 heteroatoms. The first-order valence-corrected chi connectivity index (χ1v) is 8.45. The van der Waals surface area contributed by atoms with Crippen LogP contribution in [0.15, 0.2) is 42.5 Å². The van der Waals surface area contributed by atoms with Crippen LogP contribution in [0.25, 0.3) is 0 Å². The van der Waals surface area contributed by atoms with E-state index in [2.05, 4.69) is 0 Å². The highest BCUT2D eigenvalue weighted by atomic mass is 16.4. The minimum absolute atomic E-state index is 0.0421. The number of aryl methyl sites for hydroxylation is 1. The van der Waals surface area contributed by atoms with Crippen molar-refractivity contribution in [3.05, 3.63) is 59.2 Å². The Morgan fingerprint density at radius 1 is 1.12 bits per heavy atom. The number of piperidine rings is 1. The summed E-state index contributed by atoms with van der Waals surface area (Å²) in [7, 11) is 0. The van der Waals surface area contributed by atoms with Crippen LogP contribution in [0.3, 0.4) is 0 Å². The predicted octanol–water partition coefficient (Wildman–Crippen LogP) is 2.97. The molecule has 1 aliphatic rings. The Labute approximate surface area is 147 Å². The van der Waals surface area contributed by atoms with Crippen molar-refractivity contribution in [1.29, 1.82) is 0 Å². The molecule has 0 aliphatic carbocycles. The van der Waals surface area contributed by atoms with Gasteiger partial charge in [0.05, 0.1) is 16.9 Å². The Morgan fingerprint density at radius 3 is 2.36 bits per heavy atom. The van der Waals surface area contributed by atoms with Crippen LogP contribution >= 0.6 is 0 Å². The number of aliphatic hydroxyl groups is 1. The molecule has 0 spiro atoms. The third-order valence-corrected chi connectivity index (χ3v) is 4.90. The van der Waals surface area contributed by atoms with Crippen molar-refractivity contribution in [2.45, 2.75) is 31.8 Å². The van der Waals surface area contributed by atoms with E-state index in [1.807, 2.05) is 36.1 Å². The number of carbonyl (C=O) groups is 1. The molecule has 2 aromatic rings. The summed E-state index contributed by atoms with van der Waals surface area (Å²) in [4.78, 5) is 13.3. The van der Waals surface area contributed by atoms with Gasteiger partial charge in [0, 0.05) is 25.6 Å². The Morgan fingerprint density at radius 2 is 1.76 bits per heavy atom. The van der Waals surface area contributed by atoms with Gasteiger partial charge in [0.2, 0.25) is 0 Å². The minimum Gasteiger partial charge on any atom is -0.508 e. The summed E-state index contributed by atoms with van der Waals surface area (Å²) in [6, 6.07) is 12.4. The Balaban J connectivity index is 1.72. The molecule has 25 heavy (non-hydrogen) atoms. The zero-order valence-corrected chi connectivity index (χ0v) is 14.3. The maximum Gasteiger partial charge on any atom is 0.337 e. The number of hydrogen-bond donors (Lipinski definition) is 3. The number of phenolic OH excluding ortho intramolecular Hbond substituents is 1. The van der Waals surface area contributed by atoms with Gasteiger partial charge >= 0.3 is 5.97 Å². The van der Waals surface area contributed by atoms with Gasteiger partial charge in [-0.3, -0.25) is 0 Å². The van der Waals surface area contributed by atoms with Crippen molar-refractivity contribution in [3.8, 4) is 5.75 Å². The quantitative estimate of drug-likeness (QED) is 0.796. The van der Waals surface area contributed by atoms with Crippen molar-refractivity contribution >= 4 is 11.7 Å². The predicted molar refractivity (Wildman–Crippen MR) is 96.3 cm³/mol. The van der Waals surface area contributed by atoms with Gasteiger partial charge in [0.1, 0.15) is 5.75 Å². The monoisotopic (exact) mass is 341 g/mol. The summed E-state index contributed by atoms with van der Waals surface area (Å²) in [5.41, 5.74) is 2.18. The van der Waals surface area contributed by atoms with Crippen LogP contribution in [0, 0.1) is 6.92 Å². The first-order chi connectivity index (χ1) is 11.9. The molecule has 1 fully saturated rings. The normalized spacial score (nSPS) is 16.6. The van der Waals surface area contributed by atoms with E-state index in [9.17, 15) is 20.1 Å². The lowest BCUT2D eigenvalue weighted by Gasteiger charge is -2.40. The zero-order chi connectivity index (χ0) is 18.0. The highest BCUT2D eigenvalue weighted by Gasteiger charge is 2.33. The molecule has 3 rings (SSSR count). The molecule has 3 N–H and O–H groups in total. The van der Waals surface area contributed by atoms with Crippen LogP contribution in [-0.2, 0) is 6.42 Å². The van der Waals surface area contributed by atoms with Crippen molar-refractivity contribution in [1.82, 2.24) is 0 Å². The fourth-order valence-corrected chi connectivity index (χ4v) is 3.39. The number of aromatic carboxylic acids is 1. The highest BCUT2D eigenvalue weighted by Crippen LogP contribution is 2.32. The maximum atomic E-state index is 11.4. The van der Waals surface area contributed by atoms with E-state index >= 15 is 0 Å². The fourth-order valence-electron chi connectivity index (χ4n) is 3.39. The molecule has 1 aliphatic heterocycles. The summed E-state index contributed by atoms with van der Waals surface area (Å²) >= 11 is 0. The van der Waals surface area contributed by atoms with Crippen LogP contribution < -0.4 is 4.90 Å². The lowest BCUT2D eigenvalue weighted by atomic mass is 9.85. The number of rotatable bonds is 4. The zero-order valence-electron chi connectivity index (χ0n) is 14.3. The molecule has 1 heterocycles. The Kier molecular flexibility index (Phi) is 4.68. The molecule has 132 valence electrons. The van der Waals surface area contributed by atoms with Gasteiger partial charge in [-0.25, -0.2) is 4.79 Å². The van der Waals surface area contributed by atoms with E-state index in [-0.39, 0.29) is 11.3 Å². The van der Waals surface area contributed by atoms with Crippen LogP contribution in [-0.4, -0.2) is 40.0 Å². The molecule has 2 aromatic carbocycles. The second kappa shape index (κ2) is 6.76. The third-order valence-electron chi connectivity index (χ3n) is 4.90. The van der Waals surface area contributed by atoms with Crippen LogP contribution in [0.5, 0.6) is 5.75 Å². The molecule has 0 atom stereocenters. The van der Waals surface area contributed by atoms with Gasteiger partial charge in [0.15, 0.2) is 0 Å². The van der Waals surface area contributed by atoms with E-state index in [0.717, 1.165) is 5.56 Å². The van der Waals surface area contributed by atoms with Crippen LogP contribution in [0.4, 0.5) is 5.69 Å². The number of aromatic hydroxyl groups is 1. The third kappa shape index (κ3) is 3.94. The molecular weight excluding hydrogens is 318 g/mol. The molecule has 0 saturated carbocycles. The highest BCUT2D eigenvalue weighted by molar-refractivity contribution is 5.94. The molecule has 5 nitrogen and oxygen atoms in total.